The highest BCUT2D eigenvalue weighted by atomic mass is 35.5. The molecule has 108 valence electrons. The number of hydrogen-bond acceptors (Lipinski definition) is 5. The summed E-state index contributed by atoms with van der Waals surface area (Å²) in [7, 11) is 0. The van der Waals surface area contributed by atoms with Gasteiger partial charge in [-0.3, -0.25) is 4.79 Å². The van der Waals surface area contributed by atoms with E-state index in [9.17, 15) is 4.79 Å². The summed E-state index contributed by atoms with van der Waals surface area (Å²) in [6.07, 6.45) is 5.65. The average molecular weight is 322 g/mol. The number of aromatic nitrogens is 5. The highest BCUT2D eigenvalue weighted by Crippen LogP contribution is 2.34. The molecule has 8 heteroatoms. The molecule has 0 spiro atoms. The molecule has 0 aromatic carbocycles. The topological polar surface area (TPSA) is 76.5 Å². The van der Waals surface area contributed by atoms with Crippen LogP contribution in [0.2, 0.25) is 0 Å². The molecular weight excluding hydrogens is 310 g/mol. The molecular formula is C13H12ClN5OS. The van der Waals surface area contributed by atoms with Gasteiger partial charge in [0.2, 0.25) is 5.95 Å². The molecule has 0 saturated carbocycles. The number of H-pyrrole nitrogens is 1. The van der Waals surface area contributed by atoms with Crippen molar-refractivity contribution in [2.75, 3.05) is 0 Å². The van der Waals surface area contributed by atoms with Crippen LogP contribution >= 0.6 is 22.9 Å². The van der Waals surface area contributed by atoms with Gasteiger partial charge in [-0.25, -0.2) is 14.6 Å². The van der Waals surface area contributed by atoms with Gasteiger partial charge in [0.15, 0.2) is 0 Å². The first-order chi connectivity index (χ1) is 10.3. The van der Waals surface area contributed by atoms with Crippen LogP contribution in [-0.4, -0.2) is 24.7 Å². The van der Waals surface area contributed by atoms with Gasteiger partial charge < -0.3 is 0 Å². The first-order valence-corrected chi connectivity index (χ1v) is 8.12. The number of nitrogens with zero attached hydrogens (tertiary/aromatic N) is 4. The van der Waals surface area contributed by atoms with Gasteiger partial charge in [0.25, 0.3) is 5.56 Å². The van der Waals surface area contributed by atoms with Crippen LogP contribution in [-0.2, 0) is 18.7 Å². The molecule has 6 nitrogen and oxygen atoms in total. The molecule has 0 fully saturated rings. The lowest BCUT2D eigenvalue weighted by Gasteiger charge is -2.11. The van der Waals surface area contributed by atoms with Gasteiger partial charge in [0.1, 0.15) is 17.0 Å². The maximum absolute atomic E-state index is 12.9. The highest BCUT2D eigenvalue weighted by molar-refractivity contribution is 7.18. The average Bonchev–Trinajstić information content (AvgIpc) is 3.13. The van der Waals surface area contributed by atoms with Crippen LogP contribution in [0.3, 0.4) is 0 Å². The Morgan fingerprint density at radius 2 is 2.24 bits per heavy atom. The van der Waals surface area contributed by atoms with Crippen molar-refractivity contribution in [3.8, 4) is 5.95 Å². The number of halogens is 1. The van der Waals surface area contributed by atoms with E-state index < -0.39 is 0 Å². The second kappa shape index (κ2) is 4.92. The SMILES string of the molecule is O=c1c2c3c(sc2nc(CCl)n1-c1ncn[nH]1)CCCC3. The predicted octanol–water partition coefficient (Wildman–Crippen LogP) is 2.18. The fourth-order valence-electron chi connectivity index (χ4n) is 2.86. The minimum atomic E-state index is -0.105. The number of thiophene rings is 1. The Kier molecular flexibility index (Phi) is 3.04. The van der Waals surface area contributed by atoms with E-state index in [2.05, 4.69) is 20.2 Å². The zero-order valence-electron chi connectivity index (χ0n) is 11.1. The summed E-state index contributed by atoms with van der Waals surface area (Å²) in [5, 5.41) is 7.24. The Morgan fingerprint density at radius 1 is 1.38 bits per heavy atom. The van der Waals surface area contributed by atoms with Crippen molar-refractivity contribution in [2.24, 2.45) is 0 Å². The molecule has 1 aliphatic carbocycles. The number of fused-ring (bicyclic) bond motifs is 3. The van der Waals surface area contributed by atoms with E-state index >= 15 is 0 Å². The lowest BCUT2D eigenvalue weighted by Crippen LogP contribution is -2.24. The van der Waals surface area contributed by atoms with Gasteiger partial charge in [-0.05, 0) is 31.2 Å². The maximum Gasteiger partial charge on any atom is 0.269 e. The Labute approximate surface area is 128 Å². The molecule has 0 amide bonds. The van der Waals surface area contributed by atoms with Crippen LogP contribution in [0.4, 0.5) is 0 Å². The highest BCUT2D eigenvalue weighted by Gasteiger charge is 2.22. The Morgan fingerprint density at radius 3 is 3.00 bits per heavy atom. The molecule has 1 aliphatic rings. The van der Waals surface area contributed by atoms with Crippen LogP contribution in [0.5, 0.6) is 0 Å². The fourth-order valence-corrected chi connectivity index (χ4v) is 4.31. The molecule has 3 aromatic rings. The quantitative estimate of drug-likeness (QED) is 0.734. The monoisotopic (exact) mass is 321 g/mol. The lowest BCUT2D eigenvalue weighted by molar-refractivity contribution is 0.699. The number of hydrogen-bond donors (Lipinski definition) is 1. The zero-order chi connectivity index (χ0) is 14.4. The molecule has 1 N–H and O–H groups in total. The number of nitrogens with one attached hydrogen (secondary N) is 1. The molecule has 0 radical (unpaired) electrons. The van der Waals surface area contributed by atoms with Crippen LogP contribution in [0.25, 0.3) is 16.2 Å². The summed E-state index contributed by atoms with van der Waals surface area (Å²) in [5.74, 6) is 0.999. The van der Waals surface area contributed by atoms with E-state index in [-0.39, 0.29) is 11.4 Å². The van der Waals surface area contributed by atoms with Gasteiger partial charge in [-0.1, -0.05) is 0 Å². The number of aromatic amines is 1. The van der Waals surface area contributed by atoms with Gasteiger partial charge in [0, 0.05) is 4.88 Å². The van der Waals surface area contributed by atoms with Gasteiger partial charge >= 0.3 is 0 Å². The van der Waals surface area contributed by atoms with Crippen LogP contribution < -0.4 is 5.56 Å². The summed E-state index contributed by atoms with van der Waals surface area (Å²) in [5.41, 5.74) is 1.06. The summed E-state index contributed by atoms with van der Waals surface area (Å²) < 4.78 is 1.43. The van der Waals surface area contributed by atoms with E-state index in [0.717, 1.165) is 35.0 Å². The molecule has 0 atom stereocenters. The molecule has 3 aromatic heterocycles. The molecule has 0 bridgehead atoms. The molecule has 3 heterocycles. The summed E-state index contributed by atoms with van der Waals surface area (Å²) >= 11 is 7.59. The fraction of sp³-hybridized carbons (Fsp3) is 0.385. The van der Waals surface area contributed by atoms with Crippen molar-refractivity contribution >= 4 is 33.2 Å². The minimum Gasteiger partial charge on any atom is -0.268 e. The molecule has 21 heavy (non-hydrogen) atoms. The molecule has 0 saturated heterocycles. The third-order valence-corrected chi connectivity index (χ3v) is 5.22. The second-order valence-corrected chi connectivity index (χ2v) is 6.35. The summed E-state index contributed by atoms with van der Waals surface area (Å²) in [6.45, 7) is 0. The molecule has 0 unspecified atom stereocenters. The first kappa shape index (κ1) is 13.0. The smallest absolute Gasteiger partial charge is 0.268 e. The summed E-state index contributed by atoms with van der Waals surface area (Å²) in [4.78, 5) is 23.6. The van der Waals surface area contributed by atoms with Crippen molar-refractivity contribution in [1.29, 1.82) is 0 Å². The minimum absolute atomic E-state index is 0.105. The Hall–Kier alpha value is -1.73. The van der Waals surface area contributed by atoms with Crippen LogP contribution in [0, 0.1) is 0 Å². The Bertz CT molecular complexity index is 867. The maximum atomic E-state index is 12.9. The van der Waals surface area contributed by atoms with Crippen molar-refractivity contribution in [2.45, 2.75) is 31.6 Å². The normalized spacial score (nSPS) is 14.5. The van der Waals surface area contributed by atoms with Crippen molar-refractivity contribution in [3.05, 3.63) is 32.9 Å². The Balaban J connectivity index is 2.09. The van der Waals surface area contributed by atoms with E-state index in [1.54, 1.807) is 11.3 Å². The zero-order valence-corrected chi connectivity index (χ0v) is 12.7. The number of alkyl halides is 1. The van der Waals surface area contributed by atoms with Crippen LogP contribution in [0.1, 0.15) is 29.1 Å². The van der Waals surface area contributed by atoms with Gasteiger partial charge in [0.05, 0.1) is 11.3 Å². The first-order valence-electron chi connectivity index (χ1n) is 6.77. The van der Waals surface area contributed by atoms with E-state index in [1.165, 1.54) is 22.2 Å². The molecule has 4 rings (SSSR count). The predicted molar refractivity (Wildman–Crippen MR) is 81.4 cm³/mol. The van der Waals surface area contributed by atoms with E-state index in [1.807, 2.05) is 0 Å². The van der Waals surface area contributed by atoms with Gasteiger partial charge in [-0.2, -0.15) is 10.1 Å². The third-order valence-electron chi connectivity index (χ3n) is 3.79. The van der Waals surface area contributed by atoms with E-state index in [0.29, 0.717) is 11.8 Å². The number of aryl methyl sites for hydroxylation is 2. The van der Waals surface area contributed by atoms with Gasteiger partial charge in [-0.15, -0.1) is 22.9 Å². The second-order valence-electron chi connectivity index (χ2n) is 5.00. The van der Waals surface area contributed by atoms with E-state index in [4.69, 9.17) is 11.6 Å². The summed E-state index contributed by atoms with van der Waals surface area (Å²) in [6, 6.07) is 0. The third kappa shape index (κ3) is 1.91. The largest absolute Gasteiger partial charge is 0.269 e. The standard InChI is InChI=1S/C13H12ClN5OS/c14-5-9-17-11-10(7-3-1-2-4-8(7)21-11)12(20)19(9)13-15-6-16-18-13/h6H,1-5H2,(H,15,16,18). The van der Waals surface area contributed by atoms with Crippen molar-refractivity contribution in [3.63, 3.8) is 0 Å². The van der Waals surface area contributed by atoms with Crippen LogP contribution in [0.15, 0.2) is 11.1 Å². The lowest BCUT2D eigenvalue weighted by atomic mass is 9.97. The van der Waals surface area contributed by atoms with Crippen molar-refractivity contribution < 1.29 is 0 Å². The molecule has 0 aliphatic heterocycles. The van der Waals surface area contributed by atoms with Crippen molar-refractivity contribution in [1.82, 2.24) is 24.7 Å². The number of rotatable bonds is 2.